The molecular formula is C14H23FO3. The number of aliphatic hydroxyl groups excluding tert-OH is 1. The minimum absolute atomic E-state index is 0.0855. The van der Waals surface area contributed by atoms with Gasteiger partial charge in [0.2, 0.25) is 5.67 Å². The van der Waals surface area contributed by atoms with Crippen LogP contribution in [0.1, 0.15) is 47.5 Å². The van der Waals surface area contributed by atoms with E-state index < -0.39 is 23.8 Å². The number of carbonyl (C=O) groups is 1. The second kappa shape index (κ2) is 3.69. The largest absolute Gasteiger partial charge is 0.457 e. The van der Waals surface area contributed by atoms with E-state index in [0.717, 1.165) is 12.8 Å². The van der Waals surface area contributed by atoms with E-state index in [-0.39, 0.29) is 16.7 Å². The maximum atomic E-state index is 13.5. The molecule has 2 aliphatic rings. The Morgan fingerprint density at radius 1 is 1.39 bits per heavy atom. The van der Waals surface area contributed by atoms with Crippen LogP contribution in [-0.4, -0.2) is 29.0 Å². The summed E-state index contributed by atoms with van der Waals surface area (Å²) in [5.74, 6) is -0.762. The predicted octanol–water partition coefficient (Wildman–Crippen LogP) is 2.46. The number of hydrogen-bond donors (Lipinski definition) is 1. The van der Waals surface area contributed by atoms with Crippen molar-refractivity contribution in [1.29, 1.82) is 0 Å². The summed E-state index contributed by atoms with van der Waals surface area (Å²) in [6.45, 7) is 8.60. The normalized spacial score (nSPS) is 42.1. The Morgan fingerprint density at radius 3 is 2.33 bits per heavy atom. The van der Waals surface area contributed by atoms with E-state index in [1.54, 1.807) is 0 Å². The molecule has 4 heteroatoms. The van der Waals surface area contributed by atoms with Gasteiger partial charge in [0, 0.05) is 11.3 Å². The highest BCUT2D eigenvalue weighted by Crippen LogP contribution is 2.66. The summed E-state index contributed by atoms with van der Waals surface area (Å²) < 4.78 is 18.8. The zero-order valence-electron chi connectivity index (χ0n) is 11.8. The van der Waals surface area contributed by atoms with Crippen LogP contribution in [0, 0.1) is 16.7 Å². The first-order valence-electron chi connectivity index (χ1n) is 6.60. The van der Waals surface area contributed by atoms with Crippen molar-refractivity contribution in [3.05, 3.63) is 0 Å². The first-order chi connectivity index (χ1) is 8.02. The van der Waals surface area contributed by atoms with E-state index in [4.69, 9.17) is 4.74 Å². The van der Waals surface area contributed by atoms with Crippen LogP contribution in [0.2, 0.25) is 0 Å². The molecular weight excluding hydrogens is 235 g/mol. The topological polar surface area (TPSA) is 46.5 Å². The molecule has 2 fully saturated rings. The summed E-state index contributed by atoms with van der Waals surface area (Å²) in [5, 5.41) is 10.4. The molecule has 0 aliphatic heterocycles. The van der Waals surface area contributed by atoms with E-state index in [1.807, 2.05) is 6.92 Å². The van der Waals surface area contributed by atoms with Crippen molar-refractivity contribution in [3.8, 4) is 0 Å². The van der Waals surface area contributed by atoms with Crippen LogP contribution in [0.5, 0.6) is 0 Å². The highest BCUT2D eigenvalue weighted by Gasteiger charge is 2.67. The van der Waals surface area contributed by atoms with E-state index in [1.165, 1.54) is 13.8 Å². The Hall–Kier alpha value is -0.640. The molecule has 2 saturated carbocycles. The van der Waals surface area contributed by atoms with Crippen LogP contribution in [0.3, 0.4) is 0 Å². The van der Waals surface area contributed by atoms with Crippen LogP contribution in [0.25, 0.3) is 0 Å². The number of hydrogen-bond acceptors (Lipinski definition) is 3. The molecule has 0 amide bonds. The predicted molar refractivity (Wildman–Crippen MR) is 65.7 cm³/mol. The Bertz CT molecular complexity index is 372. The Morgan fingerprint density at radius 2 is 1.94 bits per heavy atom. The summed E-state index contributed by atoms with van der Waals surface area (Å²) >= 11 is 0. The number of ether oxygens (including phenoxy) is 1. The quantitative estimate of drug-likeness (QED) is 0.774. The maximum absolute atomic E-state index is 13.5. The summed E-state index contributed by atoms with van der Waals surface area (Å²) in [7, 11) is 0. The third kappa shape index (κ3) is 1.61. The monoisotopic (exact) mass is 258 g/mol. The van der Waals surface area contributed by atoms with E-state index >= 15 is 0 Å². The number of rotatable bonds is 2. The smallest absolute Gasteiger partial charge is 0.343 e. The molecule has 2 bridgehead atoms. The molecule has 0 aromatic rings. The van der Waals surface area contributed by atoms with Crippen molar-refractivity contribution in [1.82, 2.24) is 0 Å². The summed E-state index contributed by atoms with van der Waals surface area (Å²) in [6, 6.07) is 0. The lowest BCUT2D eigenvalue weighted by molar-refractivity contribution is -0.172. The zero-order valence-corrected chi connectivity index (χ0v) is 11.8. The van der Waals surface area contributed by atoms with Crippen molar-refractivity contribution < 1.29 is 19.0 Å². The van der Waals surface area contributed by atoms with Gasteiger partial charge in [0.1, 0.15) is 6.10 Å². The van der Waals surface area contributed by atoms with Crippen LogP contribution >= 0.6 is 0 Å². The first-order valence-corrected chi connectivity index (χ1v) is 6.60. The third-order valence-electron chi connectivity index (χ3n) is 5.46. The van der Waals surface area contributed by atoms with Gasteiger partial charge in [0.25, 0.3) is 0 Å². The number of carbonyl (C=O) groups excluding carboxylic acids is 1. The Labute approximate surface area is 108 Å². The fourth-order valence-corrected chi connectivity index (χ4v) is 3.66. The molecule has 0 heterocycles. The standard InChI is InChI=1S/C14H23FO3/c1-12(2)8-6-7-14(12,5)10(16)9(8)18-11(17)13(3,4)15/h8-10,16H,6-7H2,1-5H3. The number of aliphatic hydroxyl groups is 1. The molecule has 0 aromatic carbocycles. The average Bonchev–Trinajstić information content (AvgIpc) is 2.51. The highest BCUT2D eigenvalue weighted by molar-refractivity contribution is 5.78. The Kier molecular flexibility index (Phi) is 2.82. The lowest BCUT2D eigenvalue weighted by Gasteiger charge is -2.36. The highest BCUT2D eigenvalue weighted by atomic mass is 19.1. The molecule has 0 saturated heterocycles. The lowest BCUT2D eigenvalue weighted by atomic mass is 9.70. The third-order valence-corrected chi connectivity index (χ3v) is 5.46. The first kappa shape index (κ1) is 13.8. The second-order valence-electron chi connectivity index (χ2n) is 7.07. The van der Waals surface area contributed by atoms with Crippen LogP contribution in [0.15, 0.2) is 0 Å². The van der Waals surface area contributed by atoms with Gasteiger partial charge in [0.15, 0.2) is 0 Å². The van der Waals surface area contributed by atoms with Crippen LogP contribution < -0.4 is 0 Å². The van der Waals surface area contributed by atoms with Gasteiger partial charge in [-0.15, -0.1) is 0 Å². The van der Waals surface area contributed by atoms with Gasteiger partial charge < -0.3 is 9.84 Å². The van der Waals surface area contributed by atoms with Gasteiger partial charge in [-0.3, -0.25) is 0 Å². The van der Waals surface area contributed by atoms with Crippen molar-refractivity contribution >= 4 is 5.97 Å². The van der Waals surface area contributed by atoms with Gasteiger partial charge >= 0.3 is 5.97 Å². The van der Waals surface area contributed by atoms with Crippen LogP contribution in [-0.2, 0) is 9.53 Å². The fraction of sp³-hybridized carbons (Fsp3) is 0.929. The minimum atomic E-state index is -2.01. The molecule has 4 atom stereocenters. The second-order valence-corrected chi connectivity index (χ2v) is 7.07. The summed E-state index contributed by atoms with van der Waals surface area (Å²) in [4.78, 5) is 11.6. The molecule has 0 spiro atoms. The van der Waals surface area contributed by atoms with Crippen molar-refractivity contribution in [2.45, 2.75) is 65.3 Å². The average molecular weight is 258 g/mol. The lowest BCUT2D eigenvalue weighted by Crippen LogP contribution is -2.44. The SMILES string of the molecule is CC(C)(F)C(=O)OC1C2CCC(C)(C1O)C2(C)C. The summed E-state index contributed by atoms with van der Waals surface area (Å²) in [5.41, 5.74) is -2.34. The molecule has 0 aromatic heterocycles. The van der Waals surface area contributed by atoms with Gasteiger partial charge in [-0.2, -0.15) is 0 Å². The molecule has 104 valence electrons. The van der Waals surface area contributed by atoms with Crippen molar-refractivity contribution in [2.24, 2.45) is 16.7 Å². The van der Waals surface area contributed by atoms with Crippen LogP contribution in [0.4, 0.5) is 4.39 Å². The zero-order chi connectivity index (χ0) is 13.9. The molecule has 18 heavy (non-hydrogen) atoms. The fourth-order valence-electron chi connectivity index (χ4n) is 3.66. The number of alkyl halides is 1. The minimum Gasteiger partial charge on any atom is -0.457 e. The molecule has 3 nitrogen and oxygen atoms in total. The molecule has 2 rings (SSSR count). The van der Waals surface area contributed by atoms with E-state index in [9.17, 15) is 14.3 Å². The Balaban J connectivity index is 2.21. The molecule has 1 N–H and O–H groups in total. The number of fused-ring (bicyclic) bond motifs is 2. The maximum Gasteiger partial charge on any atom is 0.343 e. The van der Waals surface area contributed by atoms with E-state index in [0.29, 0.717) is 0 Å². The van der Waals surface area contributed by atoms with Gasteiger partial charge in [-0.1, -0.05) is 20.8 Å². The van der Waals surface area contributed by atoms with Crippen molar-refractivity contribution in [3.63, 3.8) is 0 Å². The van der Waals surface area contributed by atoms with Gasteiger partial charge in [-0.25, -0.2) is 9.18 Å². The van der Waals surface area contributed by atoms with Gasteiger partial charge in [0.05, 0.1) is 6.10 Å². The number of halogens is 1. The van der Waals surface area contributed by atoms with Gasteiger partial charge in [-0.05, 0) is 32.1 Å². The van der Waals surface area contributed by atoms with E-state index in [2.05, 4.69) is 13.8 Å². The number of esters is 1. The molecule has 0 radical (unpaired) electrons. The summed E-state index contributed by atoms with van der Waals surface area (Å²) in [6.07, 6.45) is 0.586. The molecule has 2 aliphatic carbocycles. The molecule has 4 unspecified atom stereocenters. The van der Waals surface area contributed by atoms with Crippen molar-refractivity contribution in [2.75, 3.05) is 0 Å².